The second-order valence-corrected chi connectivity index (χ2v) is 5.10. The lowest BCUT2D eigenvalue weighted by Crippen LogP contribution is -2.46. The zero-order chi connectivity index (χ0) is 17.1. The van der Waals surface area contributed by atoms with Gasteiger partial charge in [0.15, 0.2) is 0 Å². The summed E-state index contributed by atoms with van der Waals surface area (Å²) in [4.78, 5) is -9.89. The van der Waals surface area contributed by atoms with Gasteiger partial charge in [-0.15, -0.1) is 0 Å². The van der Waals surface area contributed by atoms with Gasteiger partial charge in [-0.25, -0.2) is 0 Å². The van der Waals surface area contributed by atoms with Gasteiger partial charge in [0.1, 0.15) is 4.70 Å². The zero-order valence-electron chi connectivity index (χ0n) is 10.2. The van der Waals surface area contributed by atoms with E-state index in [-0.39, 0.29) is 16.0 Å². The third-order valence-corrected chi connectivity index (χ3v) is 3.66. The number of hydrogen-bond acceptors (Lipinski definition) is 11. The van der Waals surface area contributed by atoms with E-state index in [4.69, 9.17) is 31.2 Å². The first-order valence-corrected chi connectivity index (χ1v) is 5.93. The van der Waals surface area contributed by atoms with Gasteiger partial charge in [-0.05, 0) is 16.0 Å². The normalized spacial score (nSPS) is 13.9. The van der Waals surface area contributed by atoms with E-state index in [0.29, 0.717) is 6.07 Å². The highest BCUT2D eigenvalue weighted by molar-refractivity contribution is 7.21. The lowest BCUT2D eigenvalue weighted by atomic mass is 10.2. The van der Waals surface area contributed by atoms with Crippen molar-refractivity contribution in [1.29, 1.82) is 0 Å². The Morgan fingerprint density at radius 2 is 1.41 bits per heavy atom. The van der Waals surface area contributed by atoms with Gasteiger partial charge in [-0.2, -0.15) is 31.2 Å². The molecule has 0 aliphatic carbocycles. The van der Waals surface area contributed by atoms with Crippen molar-refractivity contribution in [1.82, 2.24) is 14.9 Å². The molecule has 1 aromatic carbocycles. The van der Waals surface area contributed by atoms with Gasteiger partial charge in [0, 0.05) is 22.4 Å². The minimum atomic E-state index is -3.41. The molecule has 1 heterocycles. The molecule has 0 amide bonds. The van der Waals surface area contributed by atoms with Crippen LogP contribution in [0, 0.1) is 20.8 Å². The number of rotatable bonds is 3. The summed E-state index contributed by atoms with van der Waals surface area (Å²) in [6.45, 7) is 0. The Kier molecular flexibility index (Phi) is 3.60. The molecule has 0 saturated carbocycles. The molecule has 14 nitrogen and oxygen atoms in total. The van der Waals surface area contributed by atoms with E-state index in [0.717, 1.165) is 6.07 Å². The summed E-state index contributed by atoms with van der Waals surface area (Å²) in [6.07, 6.45) is 0. The van der Waals surface area contributed by atoms with Crippen molar-refractivity contribution < 1.29 is 36.0 Å². The number of benzene rings is 1. The summed E-state index contributed by atoms with van der Waals surface area (Å²) in [6, 6.07) is 1.41. The van der Waals surface area contributed by atoms with Gasteiger partial charge in [0.2, 0.25) is 0 Å². The molecule has 0 spiro atoms. The highest BCUT2D eigenvalue weighted by atomic mass is 32.1. The molecule has 0 bridgehead atoms. The summed E-state index contributed by atoms with van der Waals surface area (Å²) >= 11 is 0.147. The lowest BCUT2D eigenvalue weighted by molar-refractivity contribution is -0.582. The Hall–Kier alpha value is -1.57. The molecule has 2 aromatic rings. The summed E-state index contributed by atoms with van der Waals surface area (Å²) in [5, 5.41) is 97.8. The Morgan fingerprint density at radius 1 is 0.864 bits per heavy atom. The fourth-order valence-electron chi connectivity index (χ4n) is 1.76. The third-order valence-electron chi connectivity index (χ3n) is 2.53. The van der Waals surface area contributed by atoms with Crippen LogP contribution in [-0.4, -0.2) is 31.2 Å². The van der Waals surface area contributed by atoms with Gasteiger partial charge >= 0.3 is 16.3 Å². The molecular weight excluding hydrogens is 332 g/mol. The van der Waals surface area contributed by atoms with Crippen LogP contribution < -0.4 is 19.6 Å². The molecular formula is C7H8N4O10S. The van der Waals surface area contributed by atoms with Gasteiger partial charge in [-0.1, -0.05) is 4.73 Å². The topological polar surface area (TPSA) is 217 Å². The highest BCUT2D eigenvalue weighted by Gasteiger charge is 2.43. The number of thiazole rings is 1. The highest BCUT2D eigenvalue weighted by Crippen LogP contribution is 2.42. The van der Waals surface area contributed by atoms with Crippen LogP contribution in [0.3, 0.4) is 0 Å². The van der Waals surface area contributed by atoms with E-state index in [1.165, 1.54) is 0 Å². The van der Waals surface area contributed by atoms with Gasteiger partial charge in [0.05, 0.1) is 0 Å². The van der Waals surface area contributed by atoms with Gasteiger partial charge < -0.3 is 20.8 Å². The number of fused-ring (bicyclic) bond motifs is 1. The predicted octanol–water partition coefficient (Wildman–Crippen LogP) is 0.285. The van der Waals surface area contributed by atoms with E-state index >= 15 is 0 Å². The third kappa shape index (κ3) is 2.71. The molecule has 2 rings (SSSR count). The van der Waals surface area contributed by atoms with Crippen LogP contribution in [0.5, 0.6) is 0 Å². The van der Waals surface area contributed by atoms with Crippen LogP contribution in [0.15, 0.2) is 12.1 Å². The van der Waals surface area contributed by atoms with Crippen molar-refractivity contribution in [3.63, 3.8) is 0 Å². The van der Waals surface area contributed by atoms with Crippen LogP contribution in [0.4, 0.5) is 16.5 Å². The van der Waals surface area contributed by atoms with Crippen LogP contribution in [-0.2, 0) is 0 Å². The molecule has 0 unspecified atom stereocenters. The first-order chi connectivity index (χ1) is 9.74. The second kappa shape index (κ2) is 4.71. The minimum absolute atomic E-state index is 0.147. The molecule has 1 aromatic heterocycles. The van der Waals surface area contributed by atoms with Crippen LogP contribution in [0.25, 0.3) is 10.2 Å². The Morgan fingerprint density at radius 3 is 1.82 bits per heavy atom. The van der Waals surface area contributed by atoms with Crippen LogP contribution in [0.2, 0.25) is 0 Å². The number of quaternary nitrogens is 3. The molecule has 0 radical (unpaired) electrons. The predicted molar refractivity (Wildman–Crippen MR) is 67.0 cm³/mol. The van der Waals surface area contributed by atoms with E-state index in [1.807, 2.05) is 0 Å². The maximum absolute atomic E-state index is 11.9. The number of hydrogen-bond donors (Lipinski definition) is 6. The van der Waals surface area contributed by atoms with Gasteiger partial charge in [-0.3, -0.25) is 0 Å². The fraction of sp³-hybridized carbons (Fsp3) is 0. The molecule has 0 fully saturated rings. The summed E-state index contributed by atoms with van der Waals surface area (Å²) in [5.41, 5.74) is -3.91. The largest absolute Gasteiger partial charge is 0.613 e. The van der Waals surface area contributed by atoms with Crippen molar-refractivity contribution in [3.05, 3.63) is 33.0 Å². The molecule has 122 valence electrons. The fourth-order valence-corrected chi connectivity index (χ4v) is 2.67. The van der Waals surface area contributed by atoms with E-state index in [9.17, 15) is 20.8 Å². The van der Waals surface area contributed by atoms with Crippen molar-refractivity contribution in [2.45, 2.75) is 0 Å². The smallest absolute Gasteiger partial charge is 0.510 e. The second-order valence-electron chi connectivity index (χ2n) is 4.09. The summed E-state index contributed by atoms with van der Waals surface area (Å²) in [5.74, 6) is 0. The van der Waals surface area contributed by atoms with Crippen molar-refractivity contribution in [2.75, 3.05) is 0 Å². The average molecular weight is 340 g/mol. The van der Waals surface area contributed by atoms with E-state index in [1.54, 1.807) is 0 Å². The number of nitrogens with zero attached hydrogens (tertiary/aromatic N) is 4. The molecule has 0 saturated heterocycles. The summed E-state index contributed by atoms with van der Waals surface area (Å²) in [7, 11) is 0. The molecule has 15 heteroatoms. The molecule has 6 N–H and O–H groups in total. The molecule has 0 aliphatic rings. The van der Waals surface area contributed by atoms with Gasteiger partial charge in [0.25, 0.3) is 5.69 Å². The Bertz CT molecular complexity index is 726. The van der Waals surface area contributed by atoms with Crippen molar-refractivity contribution in [2.24, 2.45) is 0 Å². The van der Waals surface area contributed by atoms with Crippen molar-refractivity contribution in [3.8, 4) is 0 Å². The molecule has 0 aliphatic heterocycles. The zero-order valence-corrected chi connectivity index (χ0v) is 11.0. The standard InChI is InChI=1S/C7H8N4O10S/c12-8-5-4(22-7(8)11(19,20)21)2-1-3(9(13,14)15)6(5)10(16,17)18/h1-2,13-14,16-17,19-20H. The first-order valence-electron chi connectivity index (χ1n) is 5.12. The Labute approximate surface area is 123 Å². The maximum Gasteiger partial charge on any atom is 0.510 e. The quantitative estimate of drug-likeness (QED) is 0.194. The first kappa shape index (κ1) is 16.8. The lowest BCUT2D eigenvalue weighted by Gasteiger charge is -2.28. The SMILES string of the molecule is [O-][n+]1c([N+]([O-])(O)O)sc2ccc([N+]([O-])(O)O)c([N+]([O-])(O)O)c21. The summed E-state index contributed by atoms with van der Waals surface area (Å²) < 4.78 is -0.904. The monoisotopic (exact) mass is 340 g/mol. The average Bonchev–Trinajstić information content (AvgIpc) is 2.63. The Balaban J connectivity index is 2.97. The minimum Gasteiger partial charge on any atom is -0.613 e. The number of aromatic nitrogens is 1. The maximum atomic E-state index is 11.9. The van der Waals surface area contributed by atoms with E-state index in [2.05, 4.69) is 0 Å². The van der Waals surface area contributed by atoms with Crippen LogP contribution >= 0.6 is 11.3 Å². The van der Waals surface area contributed by atoms with Crippen molar-refractivity contribution >= 4 is 38.1 Å². The molecule has 0 atom stereocenters. The molecule has 22 heavy (non-hydrogen) atoms. The van der Waals surface area contributed by atoms with Crippen LogP contribution in [0.1, 0.15) is 0 Å². The van der Waals surface area contributed by atoms with E-state index < -0.39 is 41.7 Å².